The Hall–Kier alpha value is -0.0800. The zero-order valence-corrected chi connectivity index (χ0v) is 12.8. The standard InChI is InChI=1S/C16H32N2/c1-5-7-14-11-18(12-16(4)8-6-9-16)15(10-17-14)13(2)3/h13-15,17H,5-12H2,1-4H3. The van der Waals surface area contributed by atoms with Crippen molar-refractivity contribution in [2.45, 2.75) is 71.9 Å². The topological polar surface area (TPSA) is 15.3 Å². The molecule has 2 unspecified atom stereocenters. The van der Waals surface area contributed by atoms with Gasteiger partial charge in [0.15, 0.2) is 0 Å². The summed E-state index contributed by atoms with van der Waals surface area (Å²) in [6, 6.07) is 1.48. The first kappa shape index (κ1) is 14.3. The van der Waals surface area contributed by atoms with Gasteiger partial charge >= 0.3 is 0 Å². The summed E-state index contributed by atoms with van der Waals surface area (Å²) in [5.74, 6) is 0.767. The van der Waals surface area contributed by atoms with Crippen LogP contribution < -0.4 is 5.32 Å². The molecule has 0 radical (unpaired) electrons. The molecule has 0 aromatic rings. The van der Waals surface area contributed by atoms with E-state index in [9.17, 15) is 0 Å². The molecular formula is C16H32N2. The van der Waals surface area contributed by atoms with Crippen molar-refractivity contribution in [2.24, 2.45) is 11.3 Å². The third-order valence-corrected chi connectivity index (χ3v) is 5.09. The maximum absolute atomic E-state index is 3.76. The Morgan fingerprint density at radius 1 is 1.33 bits per heavy atom. The van der Waals surface area contributed by atoms with Gasteiger partial charge in [0.2, 0.25) is 0 Å². The van der Waals surface area contributed by atoms with Crippen LogP contribution in [-0.2, 0) is 0 Å². The average Bonchev–Trinajstić information content (AvgIpc) is 2.27. The lowest BCUT2D eigenvalue weighted by atomic mass is 9.69. The number of nitrogens with one attached hydrogen (secondary N) is 1. The molecule has 106 valence electrons. The number of nitrogens with zero attached hydrogens (tertiary/aromatic N) is 1. The van der Waals surface area contributed by atoms with E-state index in [0.717, 1.165) is 18.0 Å². The molecule has 2 aliphatic rings. The molecule has 0 spiro atoms. The van der Waals surface area contributed by atoms with Gasteiger partial charge in [-0.2, -0.15) is 0 Å². The van der Waals surface area contributed by atoms with E-state index in [1.807, 2.05) is 0 Å². The molecule has 2 atom stereocenters. The molecule has 18 heavy (non-hydrogen) atoms. The van der Waals surface area contributed by atoms with Gasteiger partial charge in [-0.15, -0.1) is 0 Å². The average molecular weight is 252 g/mol. The van der Waals surface area contributed by atoms with Crippen LogP contribution in [0.15, 0.2) is 0 Å². The van der Waals surface area contributed by atoms with E-state index in [1.165, 1.54) is 51.7 Å². The number of piperazine rings is 1. The predicted octanol–water partition coefficient (Wildman–Crippen LogP) is 3.28. The fourth-order valence-electron chi connectivity index (χ4n) is 3.71. The molecule has 0 amide bonds. The highest BCUT2D eigenvalue weighted by Gasteiger charge is 2.38. The molecule has 2 fully saturated rings. The van der Waals surface area contributed by atoms with E-state index in [4.69, 9.17) is 0 Å². The zero-order chi connectivity index (χ0) is 13.2. The summed E-state index contributed by atoms with van der Waals surface area (Å²) >= 11 is 0. The summed E-state index contributed by atoms with van der Waals surface area (Å²) in [5.41, 5.74) is 0.626. The quantitative estimate of drug-likeness (QED) is 0.808. The monoisotopic (exact) mass is 252 g/mol. The Labute approximate surface area is 114 Å². The first-order valence-electron chi connectivity index (χ1n) is 8.01. The van der Waals surface area contributed by atoms with Crippen LogP contribution in [0.4, 0.5) is 0 Å². The summed E-state index contributed by atoms with van der Waals surface area (Å²) in [6.45, 7) is 13.3. The summed E-state index contributed by atoms with van der Waals surface area (Å²) in [5, 5.41) is 3.76. The van der Waals surface area contributed by atoms with Crippen molar-refractivity contribution in [2.75, 3.05) is 19.6 Å². The molecule has 2 heteroatoms. The first-order chi connectivity index (χ1) is 8.54. The molecule has 0 bridgehead atoms. The smallest absolute Gasteiger partial charge is 0.0244 e. The largest absolute Gasteiger partial charge is 0.311 e. The van der Waals surface area contributed by atoms with Crippen molar-refractivity contribution in [3.05, 3.63) is 0 Å². The fraction of sp³-hybridized carbons (Fsp3) is 1.00. The third-order valence-electron chi connectivity index (χ3n) is 5.09. The Morgan fingerprint density at radius 3 is 2.56 bits per heavy atom. The molecule has 1 N–H and O–H groups in total. The Morgan fingerprint density at radius 2 is 2.06 bits per heavy atom. The number of hydrogen-bond acceptors (Lipinski definition) is 2. The van der Waals surface area contributed by atoms with Gasteiger partial charge < -0.3 is 5.32 Å². The normalized spacial score (nSPS) is 32.5. The van der Waals surface area contributed by atoms with Crippen molar-refractivity contribution in [1.29, 1.82) is 0 Å². The minimum atomic E-state index is 0.626. The van der Waals surface area contributed by atoms with Gasteiger partial charge in [-0.25, -0.2) is 0 Å². The van der Waals surface area contributed by atoms with Gasteiger partial charge in [0, 0.05) is 31.7 Å². The van der Waals surface area contributed by atoms with Crippen molar-refractivity contribution in [3.8, 4) is 0 Å². The molecule has 1 aliphatic carbocycles. The van der Waals surface area contributed by atoms with E-state index in [2.05, 4.69) is 37.9 Å². The van der Waals surface area contributed by atoms with E-state index in [0.29, 0.717) is 5.41 Å². The summed E-state index contributed by atoms with van der Waals surface area (Å²) in [6.07, 6.45) is 6.97. The predicted molar refractivity (Wildman–Crippen MR) is 78.9 cm³/mol. The highest BCUT2D eigenvalue weighted by molar-refractivity contribution is 4.93. The van der Waals surface area contributed by atoms with E-state index < -0.39 is 0 Å². The molecule has 1 heterocycles. The van der Waals surface area contributed by atoms with E-state index >= 15 is 0 Å². The van der Waals surface area contributed by atoms with E-state index in [-0.39, 0.29) is 0 Å². The van der Waals surface area contributed by atoms with Crippen molar-refractivity contribution >= 4 is 0 Å². The lowest BCUT2D eigenvalue weighted by Gasteiger charge is -2.49. The molecule has 1 saturated heterocycles. The van der Waals surface area contributed by atoms with Gasteiger partial charge in [-0.1, -0.05) is 40.5 Å². The minimum Gasteiger partial charge on any atom is -0.311 e. The molecular weight excluding hydrogens is 220 g/mol. The van der Waals surface area contributed by atoms with Crippen LogP contribution in [0.1, 0.15) is 59.8 Å². The van der Waals surface area contributed by atoms with Crippen molar-refractivity contribution < 1.29 is 0 Å². The third kappa shape index (κ3) is 3.27. The second-order valence-electron chi connectivity index (χ2n) is 7.30. The highest BCUT2D eigenvalue weighted by atomic mass is 15.2. The summed E-state index contributed by atoms with van der Waals surface area (Å²) in [4.78, 5) is 2.81. The van der Waals surface area contributed by atoms with Gasteiger partial charge in [0.1, 0.15) is 0 Å². The molecule has 2 rings (SSSR count). The zero-order valence-electron chi connectivity index (χ0n) is 12.8. The van der Waals surface area contributed by atoms with Crippen molar-refractivity contribution in [1.82, 2.24) is 10.2 Å². The fourth-order valence-corrected chi connectivity index (χ4v) is 3.71. The maximum Gasteiger partial charge on any atom is 0.0244 e. The Bertz CT molecular complexity index is 258. The van der Waals surface area contributed by atoms with Gasteiger partial charge in [0.05, 0.1) is 0 Å². The molecule has 0 aromatic heterocycles. The van der Waals surface area contributed by atoms with Gasteiger partial charge in [0.25, 0.3) is 0 Å². The molecule has 0 aromatic carbocycles. The molecule has 1 aliphatic heterocycles. The van der Waals surface area contributed by atoms with Gasteiger partial charge in [-0.05, 0) is 30.6 Å². The SMILES string of the molecule is CCCC1CN(CC2(C)CCC2)C(C(C)C)CN1. The maximum atomic E-state index is 3.76. The second kappa shape index (κ2) is 5.92. The Kier molecular flexibility index (Phi) is 4.71. The van der Waals surface area contributed by atoms with Crippen molar-refractivity contribution in [3.63, 3.8) is 0 Å². The Balaban J connectivity index is 1.95. The molecule has 2 nitrogen and oxygen atoms in total. The number of hydrogen-bond donors (Lipinski definition) is 1. The van der Waals surface area contributed by atoms with E-state index in [1.54, 1.807) is 0 Å². The van der Waals surface area contributed by atoms with Crippen LogP contribution in [0, 0.1) is 11.3 Å². The van der Waals surface area contributed by atoms with Crippen LogP contribution >= 0.6 is 0 Å². The van der Waals surface area contributed by atoms with Crippen LogP contribution in [-0.4, -0.2) is 36.6 Å². The van der Waals surface area contributed by atoms with Crippen LogP contribution in [0.3, 0.4) is 0 Å². The van der Waals surface area contributed by atoms with Gasteiger partial charge in [-0.3, -0.25) is 4.90 Å². The summed E-state index contributed by atoms with van der Waals surface area (Å²) < 4.78 is 0. The van der Waals surface area contributed by atoms with Crippen LogP contribution in [0.25, 0.3) is 0 Å². The first-order valence-corrected chi connectivity index (χ1v) is 8.01. The van der Waals surface area contributed by atoms with Crippen LogP contribution in [0.5, 0.6) is 0 Å². The highest BCUT2D eigenvalue weighted by Crippen LogP contribution is 2.41. The lowest BCUT2D eigenvalue weighted by Crippen LogP contribution is -2.60. The lowest BCUT2D eigenvalue weighted by molar-refractivity contribution is 0.0200. The summed E-state index contributed by atoms with van der Waals surface area (Å²) in [7, 11) is 0. The second-order valence-corrected chi connectivity index (χ2v) is 7.30. The molecule has 1 saturated carbocycles. The van der Waals surface area contributed by atoms with Crippen LogP contribution in [0.2, 0.25) is 0 Å². The minimum absolute atomic E-state index is 0.626. The number of rotatable bonds is 5.